The van der Waals surface area contributed by atoms with E-state index in [-0.39, 0.29) is 0 Å². The molecule has 0 aliphatic heterocycles. The predicted octanol–water partition coefficient (Wildman–Crippen LogP) is 7.61. The van der Waals surface area contributed by atoms with Crippen molar-refractivity contribution in [2.24, 2.45) is 0 Å². The lowest BCUT2D eigenvalue weighted by molar-refractivity contribution is -0.127. The summed E-state index contributed by atoms with van der Waals surface area (Å²) in [5.41, 5.74) is 6.42. The highest BCUT2D eigenvalue weighted by Gasteiger charge is 2.18. The van der Waals surface area contributed by atoms with Crippen LogP contribution >= 0.6 is 15.9 Å². The third-order valence-electron chi connectivity index (χ3n) is 6.06. The highest BCUT2D eigenvalue weighted by molar-refractivity contribution is 9.10. The van der Waals surface area contributed by atoms with E-state index in [9.17, 15) is 4.79 Å². The number of ether oxygens (including phenoxy) is 1. The highest BCUT2D eigenvalue weighted by atomic mass is 79.9. The second-order valence-electron chi connectivity index (χ2n) is 8.76. The summed E-state index contributed by atoms with van der Waals surface area (Å²) in [6.45, 7) is 4.62. The van der Waals surface area contributed by atoms with Crippen LogP contribution < -0.4 is 4.74 Å². The van der Waals surface area contributed by atoms with Gasteiger partial charge in [-0.15, -0.1) is 0 Å². The van der Waals surface area contributed by atoms with Gasteiger partial charge in [-0.05, 0) is 61.4 Å². The Morgan fingerprint density at radius 3 is 2.22 bits per heavy atom. The Hall–Kier alpha value is -3.96. The fourth-order valence-corrected chi connectivity index (χ4v) is 4.47. The van der Waals surface area contributed by atoms with E-state index in [2.05, 4.69) is 26.6 Å². The lowest BCUT2D eigenvalue weighted by atomic mass is 10.0. The summed E-state index contributed by atoms with van der Waals surface area (Å²) in [4.78, 5) is 18.4. The van der Waals surface area contributed by atoms with Crippen molar-refractivity contribution in [3.63, 3.8) is 0 Å². The lowest BCUT2D eigenvalue weighted by Gasteiger charge is -2.12. The van der Waals surface area contributed by atoms with Gasteiger partial charge in [-0.1, -0.05) is 93.8 Å². The second kappa shape index (κ2) is 10.3. The van der Waals surface area contributed by atoms with Crippen LogP contribution in [0.3, 0.4) is 0 Å². The molecular weight excluding hydrogens is 512 g/mol. The van der Waals surface area contributed by atoms with Crippen molar-refractivity contribution >= 4 is 44.6 Å². The highest BCUT2D eigenvalue weighted by Crippen LogP contribution is 2.27. The molecule has 0 spiro atoms. The normalized spacial score (nSPS) is 11.6. The fourth-order valence-electron chi connectivity index (χ4n) is 4.06. The van der Waals surface area contributed by atoms with Gasteiger partial charge in [0.25, 0.3) is 0 Å². The van der Waals surface area contributed by atoms with Gasteiger partial charge >= 0.3 is 5.97 Å². The van der Waals surface area contributed by atoms with Crippen LogP contribution in [0.2, 0.25) is 0 Å². The van der Waals surface area contributed by atoms with Gasteiger partial charge in [-0.3, -0.25) is 0 Å². The number of carbonyl (C=O) groups excluding carboxylic acids is 1. The van der Waals surface area contributed by atoms with Gasteiger partial charge in [0.05, 0.1) is 23.2 Å². The van der Waals surface area contributed by atoms with E-state index in [1.807, 2.05) is 111 Å². The van der Waals surface area contributed by atoms with Gasteiger partial charge in [-0.2, -0.15) is 0 Å². The Kier molecular flexibility index (Phi) is 6.83. The zero-order valence-corrected chi connectivity index (χ0v) is 21.7. The Bertz CT molecular complexity index is 1570. The van der Waals surface area contributed by atoms with E-state index < -0.39 is 5.97 Å². The molecule has 178 valence electrons. The maximum absolute atomic E-state index is 13.5. The van der Waals surface area contributed by atoms with Gasteiger partial charge in [0.1, 0.15) is 11.6 Å². The van der Waals surface area contributed by atoms with Crippen LogP contribution in [0, 0.1) is 13.8 Å². The number of hydrogen-bond acceptors (Lipinski definition) is 3. The van der Waals surface area contributed by atoms with E-state index in [4.69, 9.17) is 9.72 Å². The molecule has 0 N–H and O–H groups in total. The van der Waals surface area contributed by atoms with Crippen molar-refractivity contribution in [1.29, 1.82) is 0 Å². The SMILES string of the molecule is Cc1ccc(OC(=O)/C(=C/c2nc3ccccc3n2Cc2ccccc2Br)c2ccc(C)cc2)cc1. The molecule has 0 radical (unpaired) electrons. The average molecular weight is 537 g/mol. The monoisotopic (exact) mass is 536 g/mol. The number of carbonyl (C=O) groups is 1. The molecule has 0 bridgehead atoms. The number of esters is 1. The maximum Gasteiger partial charge on any atom is 0.344 e. The second-order valence-corrected chi connectivity index (χ2v) is 9.62. The number of nitrogens with zero attached hydrogens (tertiary/aromatic N) is 2. The summed E-state index contributed by atoms with van der Waals surface area (Å²) in [5, 5.41) is 0. The summed E-state index contributed by atoms with van der Waals surface area (Å²) in [5.74, 6) is 0.760. The van der Waals surface area contributed by atoms with Crippen molar-refractivity contribution in [2.75, 3.05) is 0 Å². The minimum Gasteiger partial charge on any atom is -0.423 e. The van der Waals surface area contributed by atoms with Crippen LogP contribution in [0.25, 0.3) is 22.7 Å². The molecular formula is C31H25BrN2O2. The standard InChI is InChI=1S/C31H25BrN2O2/c1-21-11-15-23(16-12-21)26(31(35)36-25-17-13-22(2)14-18-25)19-30-33-28-9-5-6-10-29(28)34(30)20-24-7-3-4-8-27(24)32/h3-19H,20H2,1-2H3/b26-19+. The Balaban J connectivity index is 1.63. The predicted molar refractivity (Wildman–Crippen MR) is 149 cm³/mol. The van der Waals surface area contributed by atoms with Crippen molar-refractivity contribution in [3.8, 4) is 5.75 Å². The van der Waals surface area contributed by atoms with Crippen LogP contribution in [0.4, 0.5) is 0 Å². The minimum atomic E-state index is -0.429. The minimum absolute atomic E-state index is 0.429. The van der Waals surface area contributed by atoms with Crippen LogP contribution in [-0.2, 0) is 11.3 Å². The van der Waals surface area contributed by atoms with E-state index in [0.717, 1.165) is 37.8 Å². The topological polar surface area (TPSA) is 44.1 Å². The van der Waals surface area contributed by atoms with Gasteiger partial charge < -0.3 is 9.30 Å². The van der Waals surface area contributed by atoms with Gasteiger partial charge in [-0.25, -0.2) is 9.78 Å². The molecule has 0 saturated heterocycles. The summed E-state index contributed by atoms with van der Waals surface area (Å²) in [6, 6.07) is 31.5. The molecule has 0 saturated carbocycles. The summed E-state index contributed by atoms with van der Waals surface area (Å²) in [6.07, 6.45) is 1.83. The number of benzene rings is 4. The third-order valence-corrected chi connectivity index (χ3v) is 6.83. The number of aromatic nitrogens is 2. The Morgan fingerprint density at radius 2 is 1.50 bits per heavy atom. The number of halogens is 1. The molecule has 36 heavy (non-hydrogen) atoms. The van der Waals surface area contributed by atoms with E-state index in [0.29, 0.717) is 23.7 Å². The number of para-hydroxylation sites is 2. The molecule has 1 aromatic heterocycles. The first-order valence-corrected chi connectivity index (χ1v) is 12.5. The van der Waals surface area contributed by atoms with Crippen LogP contribution in [0.5, 0.6) is 5.75 Å². The molecule has 5 heteroatoms. The largest absolute Gasteiger partial charge is 0.423 e. The first-order valence-electron chi connectivity index (χ1n) is 11.7. The fraction of sp³-hybridized carbons (Fsp3) is 0.0968. The number of imidazole rings is 1. The molecule has 0 fully saturated rings. The maximum atomic E-state index is 13.5. The zero-order chi connectivity index (χ0) is 25.1. The van der Waals surface area contributed by atoms with Crippen LogP contribution in [-0.4, -0.2) is 15.5 Å². The van der Waals surface area contributed by atoms with E-state index >= 15 is 0 Å². The van der Waals surface area contributed by atoms with E-state index in [1.165, 1.54) is 0 Å². The number of fused-ring (bicyclic) bond motifs is 1. The first kappa shape index (κ1) is 23.8. The molecule has 4 aromatic carbocycles. The zero-order valence-electron chi connectivity index (χ0n) is 20.1. The quantitative estimate of drug-likeness (QED) is 0.127. The molecule has 0 unspecified atom stereocenters. The van der Waals surface area contributed by atoms with Crippen molar-refractivity contribution < 1.29 is 9.53 Å². The smallest absolute Gasteiger partial charge is 0.344 e. The molecule has 0 amide bonds. The molecule has 1 heterocycles. The van der Waals surface area contributed by atoms with Gasteiger partial charge in [0, 0.05) is 4.47 Å². The third kappa shape index (κ3) is 5.16. The Labute approximate surface area is 219 Å². The Morgan fingerprint density at radius 1 is 0.861 bits per heavy atom. The molecule has 0 aliphatic rings. The lowest BCUT2D eigenvalue weighted by Crippen LogP contribution is -2.11. The van der Waals surface area contributed by atoms with Gasteiger partial charge in [0.15, 0.2) is 0 Å². The summed E-state index contributed by atoms with van der Waals surface area (Å²) in [7, 11) is 0. The molecule has 4 nitrogen and oxygen atoms in total. The average Bonchev–Trinajstić information content (AvgIpc) is 3.23. The van der Waals surface area contributed by atoms with Crippen LogP contribution in [0.1, 0.15) is 28.1 Å². The number of hydrogen-bond donors (Lipinski definition) is 0. The van der Waals surface area contributed by atoms with Crippen molar-refractivity contribution in [3.05, 3.63) is 130 Å². The first-order chi connectivity index (χ1) is 17.5. The van der Waals surface area contributed by atoms with Crippen molar-refractivity contribution in [2.45, 2.75) is 20.4 Å². The van der Waals surface area contributed by atoms with Crippen molar-refractivity contribution in [1.82, 2.24) is 9.55 Å². The number of rotatable bonds is 6. The van der Waals surface area contributed by atoms with E-state index in [1.54, 1.807) is 0 Å². The molecule has 5 aromatic rings. The molecule has 0 atom stereocenters. The number of aryl methyl sites for hydroxylation is 2. The summed E-state index contributed by atoms with van der Waals surface area (Å²) >= 11 is 3.67. The van der Waals surface area contributed by atoms with Gasteiger partial charge in [0.2, 0.25) is 0 Å². The molecule has 0 aliphatic carbocycles. The molecule has 5 rings (SSSR count). The summed E-state index contributed by atoms with van der Waals surface area (Å²) < 4.78 is 8.94. The van der Waals surface area contributed by atoms with Crippen LogP contribution in [0.15, 0.2) is 102 Å².